The summed E-state index contributed by atoms with van der Waals surface area (Å²) in [5.41, 5.74) is 0. The minimum atomic E-state index is -4.65. The Morgan fingerprint density at radius 2 is 0.772 bits per heavy atom. The molecular formula is C46H77O10P. The lowest BCUT2D eigenvalue weighted by molar-refractivity contribution is -0.153. The van der Waals surface area contributed by atoms with E-state index in [1.165, 1.54) is 12.8 Å². The third-order valence-electron chi connectivity index (χ3n) is 8.60. The van der Waals surface area contributed by atoms with E-state index in [4.69, 9.17) is 18.5 Å². The summed E-state index contributed by atoms with van der Waals surface area (Å²) in [6.07, 6.45) is 48.4. The molecule has 0 aliphatic carbocycles. The quantitative estimate of drug-likeness (QED) is 0.0237. The SMILES string of the molecule is CC/C=C\C/C=C\C/C=C\C/C=C\CCCCCCC(=O)OC(CO)COP(=O)(O)OCC(CO)OC(=O)CCCCCCCCC/C=C\C/C=C\C/C=C\CC. The number of rotatable bonds is 39. The van der Waals surface area contributed by atoms with Gasteiger partial charge in [0.05, 0.1) is 26.4 Å². The highest BCUT2D eigenvalue weighted by Crippen LogP contribution is 2.43. The molecule has 0 amide bonds. The molecule has 57 heavy (non-hydrogen) atoms. The number of carbonyl (C=O) groups excluding carboxylic acids is 2. The van der Waals surface area contributed by atoms with Gasteiger partial charge in [-0.2, -0.15) is 0 Å². The number of hydrogen-bond donors (Lipinski definition) is 3. The summed E-state index contributed by atoms with van der Waals surface area (Å²) >= 11 is 0. The lowest BCUT2D eigenvalue weighted by atomic mass is 10.1. The molecule has 0 aliphatic rings. The average molecular weight is 821 g/mol. The molecule has 0 saturated carbocycles. The summed E-state index contributed by atoms with van der Waals surface area (Å²) in [4.78, 5) is 34.5. The number of carbonyl (C=O) groups is 2. The first-order valence-corrected chi connectivity index (χ1v) is 23.0. The largest absolute Gasteiger partial charge is 0.472 e. The molecule has 0 rings (SSSR count). The van der Waals surface area contributed by atoms with Crippen LogP contribution in [0.5, 0.6) is 0 Å². The van der Waals surface area contributed by atoms with Gasteiger partial charge in [0.2, 0.25) is 0 Å². The van der Waals surface area contributed by atoms with Crippen LogP contribution >= 0.6 is 7.82 Å². The summed E-state index contributed by atoms with van der Waals surface area (Å²) in [5, 5.41) is 19.2. The van der Waals surface area contributed by atoms with E-state index in [2.05, 4.69) is 98.9 Å². The highest BCUT2D eigenvalue weighted by Gasteiger charge is 2.27. The van der Waals surface area contributed by atoms with Gasteiger partial charge in [-0.15, -0.1) is 0 Å². The molecule has 3 unspecified atom stereocenters. The molecule has 0 heterocycles. The Kier molecular flexibility index (Phi) is 39.2. The molecule has 0 spiro atoms. The second-order valence-electron chi connectivity index (χ2n) is 13.9. The van der Waals surface area contributed by atoms with Gasteiger partial charge in [0.15, 0.2) is 0 Å². The topological polar surface area (TPSA) is 149 Å². The van der Waals surface area contributed by atoms with E-state index in [9.17, 15) is 29.3 Å². The Hall–Kier alpha value is -2.85. The van der Waals surface area contributed by atoms with Gasteiger partial charge in [-0.1, -0.05) is 144 Å². The number of unbranched alkanes of at least 4 members (excludes halogenated alkanes) is 11. The fourth-order valence-electron chi connectivity index (χ4n) is 5.35. The lowest BCUT2D eigenvalue weighted by Crippen LogP contribution is -2.28. The van der Waals surface area contributed by atoms with E-state index in [0.29, 0.717) is 12.8 Å². The molecule has 0 bridgehead atoms. The number of aliphatic hydroxyl groups is 2. The van der Waals surface area contributed by atoms with Gasteiger partial charge in [0.25, 0.3) is 0 Å². The van der Waals surface area contributed by atoms with Crippen LogP contribution in [0, 0.1) is 0 Å². The standard InChI is InChI=1S/C46H77O10P/c1-3-5-7-9-11-13-15-17-19-21-23-25-27-29-31-33-35-37-45(49)55-43(39-47)41-53-57(51,52)54-42-44(40-48)56-46(50)38-36-34-32-30-28-26-24-22-20-18-16-14-12-10-8-6-4-2/h5-8,11-14,17-20,23,25,43-44,47-48H,3-4,9-10,15-16,21-22,24,26-42H2,1-2H3,(H,51,52)/b7-5-,8-6-,13-11-,14-12-,19-17-,20-18-,25-23-. The number of ether oxygens (including phenoxy) is 2. The average Bonchev–Trinajstić information content (AvgIpc) is 3.20. The Labute approximate surface area is 345 Å². The zero-order valence-corrected chi connectivity index (χ0v) is 36.2. The molecule has 0 aromatic carbocycles. The third-order valence-corrected chi connectivity index (χ3v) is 9.55. The van der Waals surface area contributed by atoms with Gasteiger partial charge in [-0.3, -0.25) is 18.6 Å². The fraction of sp³-hybridized carbons (Fsp3) is 0.652. The zero-order valence-electron chi connectivity index (χ0n) is 35.3. The van der Waals surface area contributed by atoms with E-state index in [-0.39, 0.29) is 12.8 Å². The van der Waals surface area contributed by atoms with Crippen LogP contribution < -0.4 is 0 Å². The van der Waals surface area contributed by atoms with Crippen LogP contribution in [0.15, 0.2) is 85.1 Å². The van der Waals surface area contributed by atoms with E-state index in [1.807, 2.05) is 0 Å². The predicted octanol–water partition coefficient (Wildman–Crippen LogP) is 11.4. The molecule has 0 fully saturated rings. The van der Waals surface area contributed by atoms with Crippen LogP contribution in [0.25, 0.3) is 0 Å². The molecule has 10 nitrogen and oxygen atoms in total. The summed E-state index contributed by atoms with van der Waals surface area (Å²) in [7, 11) is -4.65. The number of hydrogen-bond acceptors (Lipinski definition) is 9. The van der Waals surface area contributed by atoms with Crippen LogP contribution in [0.3, 0.4) is 0 Å². The number of aliphatic hydroxyl groups excluding tert-OH is 2. The van der Waals surface area contributed by atoms with Crippen LogP contribution in [0.1, 0.15) is 155 Å². The number of allylic oxidation sites excluding steroid dienone is 14. The van der Waals surface area contributed by atoms with Crippen molar-refractivity contribution in [1.29, 1.82) is 0 Å². The number of esters is 2. The molecule has 3 N–H and O–H groups in total. The van der Waals surface area contributed by atoms with Gasteiger partial charge < -0.3 is 24.6 Å². The molecule has 0 saturated heterocycles. The van der Waals surface area contributed by atoms with Crippen LogP contribution in [-0.4, -0.2) is 65.7 Å². The van der Waals surface area contributed by atoms with Crippen LogP contribution in [0.2, 0.25) is 0 Å². The second-order valence-corrected chi connectivity index (χ2v) is 15.4. The Morgan fingerprint density at radius 3 is 1.11 bits per heavy atom. The normalized spacial score (nSPS) is 14.7. The van der Waals surface area contributed by atoms with Gasteiger partial charge in [-0.05, 0) is 83.5 Å². The zero-order chi connectivity index (χ0) is 41.9. The third kappa shape index (κ3) is 39.7. The maximum atomic E-state index is 12.4. The minimum Gasteiger partial charge on any atom is -0.457 e. The van der Waals surface area contributed by atoms with Crippen molar-refractivity contribution in [3.8, 4) is 0 Å². The monoisotopic (exact) mass is 821 g/mol. The van der Waals surface area contributed by atoms with Gasteiger partial charge >= 0.3 is 19.8 Å². The Balaban J connectivity index is 3.99. The summed E-state index contributed by atoms with van der Waals surface area (Å²) in [6.45, 7) is 1.92. The summed E-state index contributed by atoms with van der Waals surface area (Å²) in [6, 6.07) is 0. The van der Waals surface area contributed by atoms with Crippen molar-refractivity contribution in [2.75, 3.05) is 26.4 Å². The van der Waals surface area contributed by atoms with Gasteiger partial charge in [0.1, 0.15) is 12.2 Å². The Morgan fingerprint density at radius 1 is 0.474 bits per heavy atom. The minimum absolute atomic E-state index is 0.159. The van der Waals surface area contributed by atoms with Crippen molar-refractivity contribution < 1.29 is 47.8 Å². The van der Waals surface area contributed by atoms with E-state index < -0.39 is 58.4 Å². The molecule has 0 aromatic rings. The van der Waals surface area contributed by atoms with E-state index >= 15 is 0 Å². The molecule has 326 valence electrons. The lowest BCUT2D eigenvalue weighted by Gasteiger charge is -2.20. The van der Waals surface area contributed by atoms with Crippen molar-refractivity contribution >= 4 is 19.8 Å². The fourth-order valence-corrected chi connectivity index (χ4v) is 6.14. The van der Waals surface area contributed by atoms with Gasteiger partial charge in [0, 0.05) is 12.8 Å². The smallest absolute Gasteiger partial charge is 0.457 e. The van der Waals surface area contributed by atoms with Crippen LogP contribution in [-0.2, 0) is 32.7 Å². The van der Waals surface area contributed by atoms with Crippen molar-refractivity contribution in [2.45, 2.75) is 167 Å². The van der Waals surface area contributed by atoms with E-state index in [0.717, 1.165) is 103 Å². The first-order chi connectivity index (χ1) is 27.8. The second kappa shape index (κ2) is 41.3. The first-order valence-electron chi connectivity index (χ1n) is 21.5. The van der Waals surface area contributed by atoms with E-state index in [1.54, 1.807) is 0 Å². The molecule has 3 atom stereocenters. The van der Waals surface area contributed by atoms with Crippen molar-refractivity contribution in [3.05, 3.63) is 85.1 Å². The molecular weight excluding hydrogens is 743 g/mol. The highest BCUT2D eigenvalue weighted by molar-refractivity contribution is 7.47. The van der Waals surface area contributed by atoms with Crippen molar-refractivity contribution in [1.82, 2.24) is 0 Å². The number of phosphoric acid groups is 1. The molecule has 11 heteroatoms. The summed E-state index contributed by atoms with van der Waals surface area (Å²) in [5.74, 6) is -1.06. The van der Waals surface area contributed by atoms with Gasteiger partial charge in [-0.25, -0.2) is 4.57 Å². The summed E-state index contributed by atoms with van der Waals surface area (Å²) < 4.78 is 32.5. The maximum Gasteiger partial charge on any atom is 0.472 e. The predicted molar refractivity (Wildman–Crippen MR) is 233 cm³/mol. The highest BCUT2D eigenvalue weighted by atomic mass is 31.2. The van der Waals surface area contributed by atoms with Crippen LogP contribution in [0.4, 0.5) is 0 Å². The Bertz CT molecular complexity index is 1220. The molecule has 0 aromatic heterocycles. The van der Waals surface area contributed by atoms with Crippen molar-refractivity contribution in [2.24, 2.45) is 0 Å². The number of phosphoric ester groups is 1. The first kappa shape index (κ1) is 54.2. The molecule has 0 radical (unpaired) electrons. The maximum absolute atomic E-state index is 12.4. The van der Waals surface area contributed by atoms with Crippen molar-refractivity contribution in [3.63, 3.8) is 0 Å². The molecule has 0 aliphatic heterocycles.